The summed E-state index contributed by atoms with van der Waals surface area (Å²) in [6.07, 6.45) is 3.29. The fraction of sp³-hybridized carbons (Fsp3) is 0. The van der Waals surface area contributed by atoms with Crippen molar-refractivity contribution in [3.8, 4) is 17.3 Å². The Bertz CT molecular complexity index is 806. The van der Waals surface area contributed by atoms with E-state index in [2.05, 4.69) is 16.0 Å². The molecule has 0 saturated heterocycles. The van der Waals surface area contributed by atoms with Crippen molar-refractivity contribution in [3.63, 3.8) is 0 Å². The zero-order valence-electron chi connectivity index (χ0n) is 9.84. The monoisotopic (exact) mass is 249 g/mol. The lowest BCUT2D eigenvalue weighted by Crippen LogP contribution is -1.92. The molecule has 90 valence electrons. The van der Waals surface area contributed by atoms with Crippen LogP contribution < -0.4 is 0 Å². The summed E-state index contributed by atoms with van der Waals surface area (Å²) >= 11 is 0. The standard InChI is InChI=1S/C15H8FN3/c16-13-3-1-2-10(7-13)15-11(8-17)6-12-9-18-5-4-14(12)19-15/h1-7,9H. The van der Waals surface area contributed by atoms with E-state index >= 15 is 0 Å². The number of halogens is 1. The molecule has 0 bridgehead atoms. The zero-order valence-corrected chi connectivity index (χ0v) is 9.84. The van der Waals surface area contributed by atoms with Gasteiger partial charge in [-0.1, -0.05) is 12.1 Å². The van der Waals surface area contributed by atoms with Crippen LogP contribution in [0.15, 0.2) is 48.8 Å². The Labute approximate surface area is 109 Å². The van der Waals surface area contributed by atoms with Crippen LogP contribution in [0.2, 0.25) is 0 Å². The summed E-state index contributed by atoms with van der Waals surface area (Å²) in [5.41, 5.74) is 2.22. The third kappa shape index (κ3) is 2.02. The molecule has 0 unspecified atom stereocenters. The van der Waals surface area contributed by atoms with E-state index < -0.39 is 0 Å². The van der Waals surface area contributed by atoms with Crippen molar-refractivity contribution < 1.29 is 4.39 Å². The Morgan fingerprint density at radius 3 is 2.84 bits per heavy atom. The van der Waals surface area contributed by atoms with Crippen LogP contribution >= 0.6 is 0 Å². The summed E-state index contributed by atoms with van der Waals surface area (Å²) in [7, 11) is 0. The molecule has 3 nitrogen and oxygen atoms in total. The van der Waals surface area contributed by atoms with Crippen LogP contribution in [0, 0.1) is 17.1 Å². The fourth-order valence-corrected chi connectivity index (χ4v) is 1.96. The molecule has 3 aromatic rings. The molecule has 0 atom stereocenters. The van der Waals surface area contributed by atoms with Gasteiger partial charge in [-0.3, -0.25) is 4.98 Å². The first-order valence-electron chi connectivity index (χ1n) is 5.69. The smallest absolute Gasteiger partial charge is 0.123 e. The third-order valence-electron chi connectivity index (χ3n) is 2.83. The maximum Gasteiger partial charge on any atom is 0.123 e. The number of nitriles is 1. The van der Waals surface area contributed by atoms with Gasteiger partial charge in [0.1, 0.15) is 11.9 Å². The number of rotatable bonds is 1. The predicted molar refractivity (Wildman–Crippen MR) is 69.6 cm³/mol. The van der Waals surface area contributed by atoms with E-state index in [0.717, 1.165) is 10.9 Å². The van der Waals surface area contributed by atoms with Gasteiger partial charge < -0.3 is 0 Å². The minimum atomic E-state index is -0.349. The van der Waals surface area contributed by atoms with Crippen molar-refractivity contribution in [2.24, 2.45) is 0 Å². The lowest BCUT2D eigenvalue weighted by atomic mass is 10.0. The molecule has 1 aromatic carbocycles. The van der Waals surface area contributed by atoms with Crippen LogP contribution in [-0.4, -0.2) is 9.97 Å². The number of nitrogens with zero attached hydrogens (tertiary/aromatic N) is 3. The zero-order chi connectivity index (χ0) is 13.2. The Morgan fingerprint density at radius 1 is 1.16 bits per heavy atom. The molecule has 0 radical (unpaired) electrons. The highest BCUT2D eigenvalue weighted by molar-refractivity contribution is 5.83. The van der Waals surface area contributed by atoms with Gasteiger partial charge in [-0.15, -0.1) is 0 Å². The lowest BCUT2D eigenvalue weighted by Gasteiger charge is -2.05. The van der Waals surface area contributed by atoms with E-state index in [4.69, 9.17) is 0 Å². The van der Waals surface area contributed by atoms with Crippen LogP contribution in [-0.2, 0) is 0 Å². The molecule has 0 spiro atoms. The van der Waals surface area contributed by atoms with Gasteiger partial charge in [0, 0.05) is 23.3 Å². The molecule has 2 aromatic heterocycles. The highest BCUT2D eigenvalue weighted by atomic mass is 19.1. The molecule has 0 amide bonds. The van der Waals surface area contributed by atoms with Crippen molar-refractivity contribution in [2.45, 2.75) is 0 Å². The van der Waals surface area contributed by atoms with Crippen molar-refractivity contribution in [2.75, 3.05) is 0 Å². The van der Waals surface area contributed by atoms with Gasteiger partial charge in [-0.2, -0.15) is 5.26 Å². The maximum absolute atomic E-state index is 13.3. The molecule has 0 fully saturated rings. The fourth-order valence-electron chi connectivity index (χ4n) is 1.96. The second-order valence-corrected chi connectivity index (χ2v) is 4.08. The molecule has 3 rings (SSSR count). The molecule has 0 aliphatic rings. The van der Waals surface area contributed by atoms with E-state index in [9.17, 15) is 9.65 Å². The molecule has 2 heterocycles. The molecule has 19 heavy (non-hydrogen) atoms. The molecular weight excluding hydrogens is 241 g/mol. The second-order valence-electron chi connectivity index (χ2n) is 4.08. The highest BCUT2D eigenvalue weighted by Gasteiger charge is 2.09. The number of pyridine rings is 2. The summed E-state index contributed by atoms with van der Waals surface area (Å²) < 4.78 is 13.3. The number of aromatic nitrogens is 2. The van der Waals surface area contributed by atoms with Crippen molar-refractivity contribution in [1.29, 1.82) is 5.26 Å². The van der Waals surface area contributed by atoms with Crippen LogP contribution in [0.25, 0.3) is 22.2 Å². The largest absolute Gasteiger partial charge is 0.264 e. The molecular formula is C15H8FN3. The average molecular weight is 249 g/mol. The summed E-state index contributed by atoms with van der Waals surface area (Å²) in [5.74, 6) is -0.349. The first-order chi connectivity index (χ1) is 9.28. The Kier molecular flexibility index (Phi) is 2.66. The summed E-state index contributed by atoms with van der Waals surface area (Å²) in [5, 5.41) is 10.00. The first kappa shape index (κ1) is 11.3. The molecule has 0 saturated carbocycles. The van der Waals surface area contributed by atoms with Crippen molar-refractivity contribution >= 4 is 10.9 Å². The molecule has 4 heteroatoms. The molecule has 0 aliphatic carbocycles. The summed E-state index contributed by atoms with van der Waals surface area (Å²) in [4.78, 5) is 8.42. The highest BCUT2D eigenvalue weighted by Crippen LogP contribution is 2.25. The number of hydrogen-bond acceptors (Lipinski definition) is 3. The van der Waals surface area contributed by atoms with Gasteiger partial charge in [0.15, 0.2) is 0 Å². The van der Waals surface area contributed by atoms with Crippen molar-refractivity contribution in [3.05, 3.63) is 60.2 Å². The van der Waals surface area contributed by atoms with Crippen LogP contribution in [0.5, 0.6) is 0 Å². The van der Waals surface area contributed by atoms with Crippen molar-refractivity contribution in [1.82, 2.24) is 9.97 Å². The van der Waals surface area contributed by atoms with E-state index in [1.54, 1.807) is 36.7 Å². The van der Waals surface area contributed by atoms with E-state index in [1.165, 1.54) is 12.1 Å². The van der Waals surface area contributed by atoms with Gasteiger partial charge in [0.05, 0.1) is 16.8 Å². The average Bonchev–Trinajstić information content (AvgIpc) is 2.46. The Morgan fingerprint density at radius 2 is 2.05 bits per heavy atom. The number of benzene rings is 1. The number of hydrogen-bond donors (Lipinski definition) is 0. The minimum absolute atomic E-state index is 0.349. The normalized spacial score (nSPS) is 10.3. The molecule has 0 aliphatic heterocycles. The summed E-state index contributed by atoms with van der Waals surface area (Å²) in [6.45, 7) is 0. The van der Waals surface area contributed by atoms with Crippen LogP contribution in [0.4, 0.5) is 4.39 Å². The topological polar surface area (TPSA) is 49.6 Å². The number of fused-ring (bicyclic) bond motifs is 1. The van der Waals surface area contributed by atoms with E-state index in [-0.39, 0.29) is 5.82 Å². The Balaban J connectivity index is 2.31. The van der Waals surface area contributed by atoms with Gasteiger partial charge >= 0.3 is 0 Å². The van der Waals surface area contributed by atoms with Gasteiger partial charge in [-0.25, -0.2) is 9.37 Å². The predicted octanol–water partition coefficient (Wildman–Crippen LogP) is 3.31. The van der Waals surface area contributed by atoms with E-state index in [1.807, 2.05) is 0 Å². The molecule has 0 N–H and O–H groups in total. The quantitative estimate of drug-likeness (QED) is 0.664. The van der Waals surface area contributed by atoms with Crippen LogP contribution in [0.3, 0.4) is 0 Å². The summed E-state index contributed by atoms with van der Waals surface area (Å²) in [6, 6.07) is 11.6. The van der Waals surface area contributed by atoms with Gasteiger partial charge in [0.25, 0.3) is 0 Å². The Hall–Kier alpha value is -2.80. The van der Waals surface area contributed by atoms with E-state index in [0.29, 0.717) is 16.8 Å². The van der Waals surface area contributed by atoms with Gasteiger partial charge in [-0.05, 0) is 24.3 Å². The van der Waals surface area contributed by atoms with Gasteiger partial charge in [0.2, 0.25) is 0 Å². The minimum Gasteiger partial charge on any atom is -0.264 e. The third-order valence-corrected chi connectivity index (χ3v) is 2.83. The lowest BCUT2D eigenvalue weighted by molar-refractivity contribution is 0.628. The SMILES string of the molecule is N#Cc1cc2cnccc2nc1-c1cccc(F)c1. The second kappa shape index (κ2) is 4.46. The maximum atomic E-state index is 13.3. The van der Waals surface area contributed by atoms with Crippen LogP contribution in [0.1, 0.15) is 5.56 Å². The first-order valence-corrected chi connectivity index (χ1v) is 5.69.